The summed E-state index contributed by atoms with van der Waals surface area (Å²) in [6.07, 6.45) is 0. The minimum Gasteiger partial charge on any atom is -0.309 e. The Morgan fingerprint density at radius 3 is 0.607 bits per heavy atom. The first-order valence-corrected chi connectivity index (χ1v) is 50.7. The second-order valence-corrected chi connectivity index (χ2v) is 41.4. The van der Waals surface area contributed by atoms with Gasteiger partial charge in [0.2, 0.25) is 0 Å². The van der Waals surface area contributed by atoms with E-state index < -0.39 is 0 Å². The summed E-state index contributed by atoms with van der Waals surface area (Å²) in [7, 11) is 0. The molecule has 9 heteroatoms. The fourth-order valence-corrected chi connectivity index (χ4v) is 28.8. The van der Waals surface area contributed by atoms with Gasteiger partial charge >= 0.3 is 0 Å². The second-order valence-electron chi connectivity index (χ2n) is 35.1. The Morgan fingerprint density at radius 1 is 0.119 bits per heavy atom. The maximum atomic E-state index is 2.46. The molecule has 0 aliphatic carbocycles. The number of fused-ring (bicyclic) bond motifs is 27. The maximum absolute atomic E-state index is 2.46. The van der Waals surface area contributed by atoms with Gasteiger partial charge in [-0.15, -0.1) is 68.0 Å². The molecular weight excluding hydrogens is 1750 g/mol. The van der Waals surface area contributed by atoms with E-state index in [-0.39, 0.29) is 0 Å². The summed E-state index contributed by atoms with van der Waals surface area (Å²) < 4.78 is 23.4. The van der Waals surface area contributed by atoms with E-state index in [1.165, 1.54) is 270 Å². The number of thiophene rings is 6. The molecular formula is C126H75N3S6. The summed E-state index contributed by atoms with van der Waals surface area (Å²) in [6.45, 7) is 0. The topological polar surface area (TPSA) is 14.8 Å². The molecule has 0 aliphatic rings. The lowest BCUT2D eigenvalue weighted by Crippen LogP contribution is -1.93. The van der Waals surface area contributed by atoms with Crippen molar-refractivity contribution in [3.05, 3.63) is 455 Å². The highest BCUT2D eigenvalue weighted by Gasteiger charge is 2.25. The first-order chi connectivity index (χ1) is 66.9. The molecule has 9 heterocycles. The molecule has 0 saturated heterocycles. The van der Waals surface area contributed by atoms with Crippen molar-refractivity contribution in [1.29, 1.82) is 0 Å². The van der Waals surface area contributed by atoms with Crippen LogP contribution < -0.4 is 0 Å². The number of rotatable bonds is 9. The van der Waals surface area contributed by atoms with Gasteiger partial charge in [-0.2, -0.15) is 0 Å². The molecule has 630 valence electrons. The van der Waals surface area contributed by atoms with Gasteiger partial charge in [-0.05, 0) is 161 Å². The van der Waals surface area contributed by atoms with Crippen molar-refractivity contribution in [3.8, 4) is 83.8 Å². The number of para-hydroxylation sites is 3. The molecule has 9 aromatic heterocycles. The molecule has 0 saturated carbocycles. The van der Waals surface area contributed by atoms with E-state index in [9.17, 15) is 0 Å². The molecule has 0 fully saturated rings. The van der Waals surface area contributed by atoms with E-state index >= 15 is 0 Å². The van der Waals surface area contributed by atoms with Crippen LogP contribution in [-0.2, 0) is 0 Å². The Labute approximate surface area is 799 Å². The molecule has 21 aromatic carbocycles. The van der Waals surface area contributed by atoms with Crippen molar-refractivity contribution in [3.63, 3.8) is 0 Å². The Morgan fingerprint density at radius 2 is 0.326 bits per heavy atom. The van der Waals surface area contributed by atoms with Gasteiger partial charge in [-0.1, -0.05) is 328 Å². The van der Waals surface area contributed by atoms with E-state index in [2.05, 4.69) is 469 Å². The summed E-state index contributed by atoms with van der Waals surface area (Å²) >= 11 is 11.4. The predicted octanol–water partition coefficient (Wildman–Crippen LogP) is 38.6. The zero-order chi connectivity index (χ0) is 88.5. The summed E-state index contributed by atoms with van der Waals surface area (Å²) in [6, 6.07) is 167. The minimum atomic E-state index is 1.18. The summed E-state index contributed by atoms with van der Waals surface area (Å²) in [5.74, 6) is 0. The van der Waals surface area contributed by atoms with E-state index in [0.29, 0.717) is 0 Å². The number of hydrogen-bond donors (Lipinski definition) is 0. The van der Waals surface area contributed by atoms with Crippen LogP contribution in [0.4, 0.5) is 0 Å². The fourth-order valence-electron chi connectivity index (χ4n) is 21.5. The highest BCUT2D eigenvalue weighted by Crippen LogP contribution is 2.52. The third-order valence-corrected chi connectivity index (χ3v) is 35.0. The van der Waals surface area contributed by atoms with Crippen molar-refractivity contribution in [1.82, 2.24) is 13.7 Å². The van der Waals surface area contributed by atoms with Crippen LogP contribution in [0.25, 0.3) is 270 Å². The van der Waals surface area contributed by atoms with Crippen molar-refractivity contribution >= 4 is 254 Å². The number of aromatic nitrogens is 3. The average Bonchev–Trinajstić information content (AvgIpc) is 1.58. The SMILES string of the molecule is c1ccc(-c2ccc3c(c2)c2cc(-c4ccccc4)ccc2n3-c2ccc3sc4c(-c5cccc6c5sc5ccccc56)cccc4c3c2)cc1.c1ccc(-c2ccc3c(c2)c2ccccc2n3-c2ccc3sc4c(-c5cccc6c5sc5ccccc56)cccc4c3c2)cc1.c1ccc2c(c1)sc1c(-c3cccc4c3sc3ccc(-n5c6ccccc6c6ccccc65)cc34)cccc12. The van der Waals surface area contributed by atoms with E-state index in [4.69, 9.17) is 0 Å². The predicted molar refractivity (Wildman–Crippen MR) is 592 cm³/mol. The lowest BCUT2D eigenvalue weighted by Gasteiger charge is -2.09. The Balaban J connectivity index is 0.000000101. The third kappa shape index (κ3) is 12.6. The van der Waals surface area contributed by atoms with Gasteiger partial charge in [0.25, 0.3) is 0 Å². The maximum Gasteiger partial charge on any atom is 0.0541 e. The standard InChI is InChI=1S/C48H29NS2.C42H25NS2.C36H21NS2/c1-3-11-30(12-4-1)32-21-24-43-40(27-32)41-28-33(31-13-5-2-6-14-31)22-25-44(41)49(43)34-23-26-46-42(29-34)39-19-10-18-38(48(39)51-46)37-17-9-16-36-35-15-7-8-20-45(35)50-47(36)37;1-2-10-26(11-3-1)27-20-22-38-35(24-27)29-12-4-6-18-37(29)43(38)28-21-23-40-36(25-28)34-17-9-16-33(42(34)45-40)32-15-8-14-31-30-13-5-7-19-39(30)44-41(31)32;1-4-16-31-23(9-1)24-10-2-5-17-32(24)37(31)22-19-20-34-30(21-22)29-15-8-14-28(36(29)39-34)27-13-7-12-26-25-11-3-6-18-33(25)38-35(26)27/h1-29H;1-25H;1-21H. The third-order valence-electron chi connectivity index (χ3n) is 27.6. The normalized spacial score (nSPS) is 12.0. The van der Waals surface area contributed by atoms with Gasteiger partial charge in [0.05, 0.1) is 33.1 Å². The quantitative estimate of drug-likeness (QED) is 0.137. The zero-order valence-corrected chi connectivity index (χ0v) is 77.5. The summed E-state index contributed by atoms with van der Waals surface area (Å²) in [5.41, 5.74) is 26.3. The van der Waals surface area contributed by atoms with Gasteiger partial charge < -0.3 is 13.7 Å². The Hall–Kier alpha value is -15.7. The number of benzene rings is 21. The van der Waals surface area contributed by atoms with Gasteiger partial charge in [0.1, 0.15) is 0 Å². The van der Waals surface area contributed by atoms with Crippen molar-refractivity contribution in [2.75, 3.05) is 0 Å². The second kappa shape index (κ2) is 31.5. The highest BCUT2D eigenvalue weighted by atomic mass is 32.1. The molecule has 0 atom stereocenters. The van der Waals surface area contributed by atoms with Crippen LogP contribution in [-0.4, -0.2) is 13.7 Å². The van der Waals surface area contributed by atoms with Crippen LogP contribution in [0.2, 0.25) is 0 Å². The molecule has 3 nitrogen and oxygen atoms in total. The van der Waals surface area contributed by atoms with Crippen molar-refractivity contribution in [2.45, 2.75) is 0 Å². The molecule has 0 N–H and O–H groups in total. The molecule has 30 rings (SSSR count). The van der Waals surface area contributed by atoms with Crippen LogP contribution in [0, 0.1) is 0 Å². The Bertz CT molecular complexity index is 9960. The molecule has 0 aliphatic heterocycles. The first kappa shape index (κ1) is 78.0. The minimum absolute atomic E-state index is 1.18. The monoisotopic (exact) mass is 1820 g/mol. The van der Waals surface area contributed by atoms with E-state index in [1.54, 1.807) is 0 Å². The molecule has 0 radical (unpaired) electrons. The molecule has 0 unspecified atom stereocenters. The van der Waals surface area contributed by atoms with E-state index in [0.717, 1.165) is 0 Å². The number of nitrogens with zero attached hydrogens (tertiary/aromatic N) is 3. The van der Waals surface area contributed by atoms with Crippen LogP contribution >= 0.6 is 68.0 Å². The fraction of sp³-hybridized carbons (Fsp3) is 0. The van der Waals surface area contributed by atoms with Crippen molar-refractivity contribution < 1.29 is 0 Å². The first-order valence-electron chi connectivity index (χ1n) is 45.8. The number of hydrogen-bond acceptors (Lipinski definition) is 6. The van der Waals surface area contributed by atoms with Crippen molar-refractivity contribution in [2.24, 2.45) is 0 Å². The molecule has 135 heavy (non-hydrogen) atoms. The van der Waals surface area contributed by atoms with Gasteiger partial charge in [0, 0.05) is 204 Å². The van der Waals surface area contributed by atoms with E-state index in [1.807, 2.05) is 68.0 Å². The largest absolute Gasteiger partial charge is 0.309 e. The average molecular weight is 1820 g/mol. The van der Waals surface area contributed by atoms with Gasteiger partial charge in [-0.3, -0.25) is 0 Å². The van der Waals surface area contributed by atoms with Crippen LogP contribution in [0.1, 0.15) is 0 Å². The lowest BCUT2D eigenvalue weighted by atomic mass is 10.0. The van der Waals surface area contributed by atoms with Crippen LogP contribution in [0.5, 0.6) is 0 Å². The summed E-state index contributed by atoms with van der Waals surface area (Å²) in [4.78, 5) is 0. The van der Waals surface area contributed by atoms with Gasteiger partial charge in [-0.25, -0.2) is 0 Å². The van der Waals surface area contributed by atoms with Crippen LogP contribution in [0.3, 0.4) is 0 Å². The van der Waals surface area contributed by atoms with Crippen LogP contribution in [0.15, 0.2) is 455 Å². The molecule has 0 spiro atoms. The summed E-state index contributed by atoms with van der Waals surface area (Å²) in [5, 5.41) is 23.6. The molecule has 0 amide bonds. The lowest BCUT2D eigenvalue weighted by molar-refractivity contribution is 1.19. The Kier molecular flexibility index (Phi) is 18.2. The zero-order valence-electron chi connectivity index (χ0n) is 72.6. The smallest absolute Gasteiger partial charge is 0.0541 e. The highest BCUT2D eigenvalue weighted by molar-refractivity contribution is 7.29. The van der Waals surface area contributed by atoms with Gasteiger partial charge in [0.15, 0.2) is 0 Å². The molecule has 30 aromatic rings. The molecule has 0 bridgehead atoms.